The van der Waals surface area contributed by atoms with Crippen LogP contribution in [0.5, 0.6) is 0 Å². The Morgan fingerprint density at radius 2 is 1.84 bits per heavy atom. The van der Waals surface area contributed by atoms with Crippen LogP contribution in [0.25, 0.3) is 0 Å². The van der Waals surface area contributed by atoms with Gasteiger partial charge < -0.3 is 5.32 Å². The Morgan fingerprint density at radius 3 is 2.47 bits per heavy atom. The fourth-order valence-corrected chi connectivity index (χ4v) is 2.09. The van der Waals surface area contributed by atoms with Crippen molar-refractivity contribution in [2.24, 2.45) is 0 Å². The molecule has 0 spiro atoms. The number of nitrogens with zero attached hydrogens (tertiary/aromatic N) is 2. The zero-order chi connectivity index (χ0) is 13.8. The lowest BCUT2D eigenvalue weighted by Gasteiger charge is -2.16. The molecule has 0 aliphatic heterocycles. The lowest BCUT2D eigenvalue weighted by Crippen LogP contribution is -2.09. The Bertz CT molecular complexity index is 546. The van der Waals surface area contributed by atoms with E-state index in [0.717, 1.165) is 5.56 Å². The van der Waals surface area contributed by atoms with Gasteiger partial charge in [0.25, 0.3) is 0 Å². The van der Waals surface area contributed by atoms with Gasteiger partial charge in [-0.3, -0.25) is 0 Å². The zero-order valence-corrected chi connectivity index (χ0v) is 11.5. The van der Waals surface area contributed by atoms with Gasteiger partial charge in [-0.1, -0.05) is 41.9 Å². The molecule has 5 heteroatoms. The third-order valence-corrected chi connectivity index (χ3v) is 3.22. The monoisotopic (exact) mass is 279 g/mol. The Hall–Kier alpha value is -1.68. The van der Waals surface area contributed by atoms with Gasteiger partial charge in [0.1, 0.15) is 23.3 Å². The summed E-state index contributed by atoms with van der Waals surface area (Å²) in [5.41, 5.74) is 1.31. The van der Waals surface area contributed by atoms with Crippen molar-refractivity contribution >= 4 is 17.4 Å². The minimum Gasteiger partial charge on any atom is -0.362 e. The fraction of sp³-hybridized carbons (Fsp3) is 0.286. The zero-order valence-electron chi connectivity index (χ0n) is 10.8. The first-order chi connectivity index (χ1) is 9.09. The van der Waals surface area contributed by atoms with E-state index in [-0.39, 0.29) is 16.8 Å². The van der Waals surface area contributed by atoms with Gasteiger partial charge in [0, 0.05) is 6.04 Å². The number of benzene rings is 1. The van der Waals surface area contributed by atoms with Crippen molar-refractivity contribution in [3.63, 3.8) is 0 Å². The van der Waals surface area contributed by atoms with E-state index in [9.17, 15) is 4.39 Å². The van der Waals surface area contributed by atoms with E-state index in [4.69, 9.17) is 11.6 Å². The number of alkyl halides is 1. The highest BCUT2D eigenvalue weighted by Crippen LogP contribution is 2.30. The fourth-order valence-electron chi connectivity index (χ4n) is 1.79. The average Bonchev–Trinajstić information content (AvgIpc) is 2.41. The Labute approximate surface area is 116 Å². The normalized spacial score (nSPS) is 13.9. The Balaban J connectivity index is 2.22. The molecule has 2 atom stereocenters. The average molecular weight is 280 g/mol. The quantitative estimate of drug-likeness (QED) is 0.905. The number of hydrogen-bond donors (Lipinski definition) is 1. The molecule has 0 amide bonds. The highest BCUT2D eigenvalue weighted by molar-refractivity contribution is 6.33. The highest BCUT2D eigenvalue weighted by Gasteiger charge is 2.16. The number of nitrogens with one attached hydrogen (secondary N) is 1. The molecule has 2 rings (SSSR count). The molecule has 100 valence electrons. The van der Waals surface area contributed by atoms with Crippen molar-refractivity contribution in [2.75, 3.05) is 5.32 Å². The highest BCUT2D eigenvalue weighted by atomic mass is 35.5. The number of anilines is 1. The SMILES string of the molecule is C[C@H](F)c1ncnc(N[C@@H](C)c2ccccc2)c1Cl. The summed E-state index contributed by atoms with van der Waals surface area (Å²) in [6, 6.07) is 9.92. The summed E-state index contributed by atoms with van der Waals surface area (Å²) >= 11 is 6.11. The smallest absolute Gasteiger partial charge is 0.149 e. The lowest BCUT2D eigenvalue weighted by molar-refractivity contribution is 0.365. The summed E-state index contributed by atoms with van der Waals surface area (Å²) in [5.74, 6) is 0.451. The first-order valence-electron chi connectivity index (χ1n) is 6.05. The topological polar surface area (TPSA) is 37.8 Å². The van der Waals surface area contributed by atoms with Crippen LogP contribution in [-0.2, 0) is 0 Å². The maximum Gasteiger partial charge on any atom is 0.149 e. The van der Waals surface area contributed by atoms with E-state index in [0.29, 0.717) is 5.82 Å². The molecule has 0 fully saturated rings. The molecule has 3 nitrogen and oxygen atoms in total. The van der Waals surface area contributed by atoms with Crippen LogP contribution < -0.4 is 5.32 Å². The largest absolute Gasteiger partial charge is 0.362 e. The predicted molar refractivity (Wildman–Crippen MR) is 75.0 cm³/mol. The second-order valence-corrected chi connectivity index (χ2v) is 4.69. The van der Waals surface area contributed by atoms with Crippen molar-refractivity contribution < 1.29 is 4.39 Å². The molecule has 1 heterocycles. The molecular weight excluding hydrogens is 265 g/mol. The number of halogens is 2. The molecule has 0 unspecified atom stereocenters. The van der Waals surface area contributed by atoms with Gasteiger partial charge in [-0.05, 0) is 19.4 Å². The maximum atomic E-state index is 13.3. The second kappa shape index (κ2) is 5.97. The van der Waals surface area contributed by atoms with Gasteiger partial charge >= 0.3 is 0 Å². The third-order valence-electron chi connectivity index (χ3n) is 2.85. The molecule has 1 aromatic carbocycles. The van der Waals surface area contributed by atoms with Crippen LogP contribution in [0.15, 0.2) is 36.7 Å². The molecule has 1 N–H and O–H groups in total. The van der Waals surface area contributed by atoms with Crippen LogP contribution in [-0.4, -0.2) is 9.97 Å². The van der Waals surface area contributed by atoms with Crippen molar-refractivity contribution in [3.05, 3.63) is 52.9 Å². The van der Waals surface area contributed by atoms with Gasteiger partial charge in [0.15, 0.2) is 0 Å². The first-order valence-corrected chi connectivity index (χ1v) is 6.43. The van der Waals surface area contributed by atoms with Crippen LogP contribution in [0, 0.1) is 0 Å². The van der Waals surface area contributed by atoms with Gasteiger partial charge in [-0.2, -0.15) is 0 Å². The number of hydrogen-bond acceptors (Lipinski definition) is 3. The van der Waals surface area contributed by atoms with Crippen molar-refractivity contribution in [2.45, 2.75) is 26.1 Å². The van der Waals surface area contributed by atoms with Crippen molar-refractivity contribution in [1.29, 1.82) is 0 Å². The molecule has 0 aliphatic carbocycles. The van der Waals surface area contributed by atoms with Crippen LogP contribution in [0.1, 0.15) is 37.3 Å². The summed E-state index contributed by atoms with van der Waals surface area (Å²) in [5, 5.41) is 3.41. The van der Waals surface area contributed by atoms with Gasteiger partial charge in [0.05, 0.1) is 5.69 Å². The summed E-state index contributed by atoms with van der Waals surface area (Å²) in [4.78, 5) is 7.93. The molecule has 19 heavy (non-hydrogen) atoms. The van der Waals surface area contributed by atoms with Crippen LogP contribution >= 0.6 is 11.6 Å². The van der Waals surface area contributed by atoms with Gasteiger partial charge in [0.2, 0.25) is 0 Å². The van der Waals surface area contributed by atoms with Gasteiger partial charge in [-0.15, -0.1) is 0 Å². The predicted octanol–water partition coefficient (Wildman–Crippen LogP) is 4.33. The molecule has 0 radical (unpaired) electrons. The second-order valence-electron chi connectivity index (χ2n) is 4.31. The van der Waals surface area contributed by atoms with E-state index in [1.54, 1.807) is 0 Å². The van der Waals surface area contributed by atoms with E-state index in [2.05, 4.69) is 15.3 Å². The van der Waals surface area contributed by atoms with E-state index in [1.165, 1.54) is 13.3 Å². The minimum absolute atomic E-state index is 0.0244. The maximum absolute atomic E-state index is 13.3. The van der Waals surface area contributed by atoms with E-state index in [1.807, 2.05) is 37.3 Å². The molecule has 0 bridgehead atoms. The van der Waals surface area contributed by atoms with Crippen LogP contribution in [0.2, 0.25) is 5.02 Å². The standard InChI is InChI=1S/C14H15ClFN3/c1-9(16)13-12(15)14(18-8-17-13)19-10(2)11-6-4-3-5-7-11/h3-10H,1-2H3,(H,17,18,19)/t9-,10-/m0/s1. The minimum atomic E-state index is -1.22. The lowest BCUT2D eigenvalue weighted by atomic mass is 10.1. The van der Waals surface area contributed by atoms with E-state index >= 15 is 0 Å². The molecule has 2 aromatic rings. The molecule has 0 saturated carbocycles. The summed E-state index contributed by atoms with van der Waals surface area (Å²) in [7, 11) is 0. The third kappa shape index (κ3) is 3.20. The van der Waals surface area contributed by atoms with E-state index < -0.39 is 6.17 Å². The molecule has 0 aliphatic rings. The summed E-state index contributed by atoms with van der Waals surface area (Å²) < 4.78 is 13.3. The van der Waals surface area contributed by atoms with Crippen molar-refractivity contribution in [1.82, 2.24) is 9.97 Å². The Kier molecular flexibility index (Phi) is 4.32. The summed E-state index contributed by atoms with van der Waals surface area (Å²) in [6.45, 7) is 3.39. The molecule has 0 saturated heterocycles. The Morgan fingerprint density at radius 1 is 1.16 bits per heavy atom. The van der Waals surface area contributed by atoms with Crippen molar-refractivity contribution in [3.8, 4) is 0 Å². The number of rotatable bonds is 4. The summed E-state index contributed by atoms with van der Waals surface area (Å²) in [6.07, 6.45) is 0.0974. The van der Waals surface area contributed by atoms with Crippen LogP contribution in [0.4, 0.5) is 10.2 Å². The molecule has 1 aromatic heterocycles. The van der Waals surface area contributed by atoms with Gasteiger partial charge in [-0.25, -0.2) is 14.4 Å². The first kappa shape index (κ1) is 13.7. The molecular formula is C14H15ClFN3. The number of aromatic nitrogens is 2. The van der Waals surface area contributed by atoms with Crippen LogP contribution in [0.3, 0.4) is 0 Å².